The van der Waals surface area contributed by atoms with Crippen LogP contribution in [0.15, 0.2) is 46.9 Å². The van der Waals surface area contributed by atoms with Crippen molar-refractivity contribution in [2.45, 2.75) is 6.54 Å². The molecule has 2 aromatic carbocycles. The number of fused-ring (bicyclic) bond motifs is 1. The number of benzene rings is 2. The molecule has 0 aromatic heterocycles. The molecule has 1 N–H and O–H groups in total. The van der Waals surface area contributed by atoms with Gasteiger partial charge in [-0.1, -0.05) is 22.0 Å². The highest BCUT2D eigenvalue weighted by atomic mass is 79.9. The number of carbonyl (C=O) groups is 2. The van der Waals surface area contributed by atoms with E-state index in [2.05, 4.69) is 21.2 Å². The first-order valence-corrected chi connectivity index (χ1v) is 8.76. The molecule has 1 aliphatic rings. The second kappa shape index (κ2) is 8.68. The summed E-state index contributed by atoms with van der Waals surface area (Å²) in [6.07, 6.45) is 2.35. The topological polar surface area (TPSA) is 73.9 Å². The molecular formula is C19H15BrFNO5. The minimum absolute atomic E-state index is 0.179. The Balaban J connectivity index is 1.44. The molecule has 0 saturated heterocycles. The molecule has 0 saturated carbocycles. The summed E-state index contributed by atoms with van der Waals surface area (Å²) in [6.45, 7) is -0.000737. The van der Waals surface area contributed by atoms with Crippen LogP contribution < -0.4 is 14.8 Å². The second-order valence-corrected chi connectivity index (χ2v) is 6.49. The van der Waals surface area contributed by atoms with Crippen molar-refractivity contribution >= 4 is 33.9 Å². The second-order valence-electron chi connectivity index (χ2n) is 5.57. The van der Waals surface area contributed by atoms with E-state index in [0.717, 1.165) is 11.6 Å². The number of amides is 1. The zero-order valence-corrected chi connectivity index (χ0v) is 15.6. The first-order chi connectivity index (χ1) is 13.0. The van der Waals surface area contributed by atoms with Crippen LogP contribution in [0.2, 0.25) is 0 Å². The smallest absolute Gasteiger partial charge is 0.331 e. The monoisotopic (exact) mass is 435 g/mol. The highest BCUT2D eigenvalue weighted by Gasteiger charge is 2.13. The van der Waals surface area contributed by atoms with Crippen molar-refractivity contribution in [3.8, 4) is 11.5 Å². The van der Waals surface area contributed by atoms with Crippen LogP contribution >= 0.6 is 15.9 Å². The van der Waals surface area contributed by atoms with Crippen molar-refractivity contribution in [3.05, 3.63) is 63.9 Å². The van der Waals surface area contributed by atoms with E-state index < -0.39 is 24.3 Å². The van der Waals surface area contributed by atoms with E-state index in [1.165, 1.54) is 18.2 Å². The summed E-state index contributed by atoms with van der Waals surface area (Å²) in [6, 6.07) is 9.68. The summed E-state index contributed by atoms with van der Waals surface area (Å²) in [5.41, 5.74) is 1.05. The summed E-state index contributed by atoms with van der Waals surface area (Å²) in [5.74, 6) is -0.384. The van der Waals surface area contributed by atoms with Gasteiger partial charge in [-0.3, -0.25) is 4.79 Å². The van der Waals surface area contributed by atoms with Crippen molar-refractivity contribution in [1.29, 1.82) is 0 Å². The lowest BCUT2D eigenvalue weighted by molar-refractivity contribution is -0.143. The quantitative estimate of drug-likeness (QED) is 0.557. The third-order valence-electron chi connectivity index (χ3n) is 3.63. The van der Waals surface area contributed by atoms with Crippen LogP contribution in [0.4, 0.5) is 4.39 Å². The molecule has 0 bridgehead atoms. The molecular weight excluding hydrogens is 421 g/mol. The lowest BCUT2D eigenvalue weighted by Crippen LogP contribution is -2.28. The molecule has 0 radical (unpaired) electrons. The number of esters is 1. The highest BCUT2D eigenvalue weighted by Crippen LogP contribution is 2.32. The van der Waals surface area contributed by atoms with Crippen LogP contribution in [-0.2, 0) is 20.9 Å². The fraction of sp³-hybridized carbons (Fsp3) is 0.158. The molecule has 8 heteroatoms. The van der Waals surface area contributed by atoms with Crippen LogP contribution in [0.1, 0.15) is 11.1 Å². The van der Waals surface area contributed by atoms with Crippen molar-refractivity contribution in [2.24, 2.45) is 0 Å². The molecule has 1 heterocycles. The van der Waals surface area contributed by atoms with E-state index >= 15 is 0 Å². The average molecular weight is 436 g/mol. The summed E-state index contributed by atoms with van der Waals surface area (Å²) in [7, 11) is 0. The van der Waals surface area contributed by atoms with Crippen LogP contribution in [0.25, 0.3) is 6.08 Å². The van der Waals surface area contributed by atoms with Crippen LogP contribution in [-0.4, -0.2) is 25.3 Å². The molecule has 0 fully saturated rings. The van der Waals surface area contributed by atoms with Crippen LogP contribution in [0.3, 0.4) is 0 Å². The maximum atomic E-state index is 13.6. The number of halogens is 2. The minimum atomic E-state index is -0.743. The zero-order valence-electron chi connectivity index (χ0n) is 14.0. The normalized spacial score (nSPS) is 12.2. The lowest BCUT2D eigenvalue weighted by atomic mass is 10.2. The Bertz CT molecular complexity index is 900. The van der Waals surface area contributed by atoms with Crippen LogP contribution in [0.5, 0.6) is 11.5 Å². The van der Waals surface area contributed by atoms with E-state index in [-0.39, 0.29) is 18.9 Å². The summed E-state index contributed by atoms with van der Waals surface area (Å²) >= 11 is 3.22. The Labute approximate surface area is 163 Å². The molecule has 140 valence electrons. The predicted molar refractivity (Wildman–Crippen MR) is 98.5 cm³/mol. The van der Waals surface area contributed by atoms with Gasteiger partial charge in [0, 0.05) is 22.7 Å². The maximum absolute atomic E-state index is 13.6. The maximum Gasteiger partial charge on any atom is 0.331 e. The van der Waals surface area contributed by atoms with Crippen molar-refractivity contribution in [1.82, 2.24) is 5.32 Å². The Hall–Kier alpha value is -2.87. The molecule has 0 aliphatic carbocycles. The van der Waals surface area contributed by atoms with Gasteiger partial charge in [-0.15, -0.1) is 0 Å². The van der Waals surface area contributed by atoms with E-state index in [4.69, 9.17) is 14.2 Å². The molecule has 6 nitrogen and oxygen atoms in total. The molecule has 2 aromatic rings. The SMILES string of the molecule is O=C(COC(=O)C=Cc1cc(Br)ccc1F)NCc1ccc2c(c1)OCO2. The molecule has 1 aliphatic heterocycles. The minimum Gasteiger partial charge on any atom is -0.454 e. The highest BCUT2D eigenvalue weighted by molar-refractivity contribution is 9.10. The zero-order chi connectivity index (χ0) is 19.2. The van der Waals surface area contributed by atoms with Crippen molar-refractivity contribution in [2.75, 3.05) is 13.4 Å². The van der Waals surface area contributed by atoms with Gasteiger partial charge in [0.25, 0.3) is 5.91 Å². The number of ether oxygens (including phenoxy) is 3. The molecule has 27 heavy (non-hydrogen) atoms. The lowest BCUT2D eigenvalue weighted by Gasteiger charge is -2.06. The first kappa shape index (κ1) is 18.9. The summed E-state index contributed by atoms with van der Waals surface area (Å²) in [5, 5.41) is 2.63. The van der Waals surface area contributed by atoms with Gasteiger partial charge in [-0.2, -0.15) is 0 Å². The van der Waals surface area contributed by atoms with Gasteiger partial charge in [-0.25, -0.2) is 9.18 Å². The summed E-state index contributed by atoms with van der Waals surface area (Å²) < 4.78 is 29.6. The Morgan fingerprint density at radius 1 is 1.19 bits per heavy atom. The average Bonchev–Trinajstić information content (AvgIpc) is 3.13. The van der Waals surface area contributed by atoms with E-state index in [1.807, 2.05) is 0 Å². The van der Waals surface area contributed by atoms with Crippen molar-refractivity contribution in [3.63, 3.8) is 0 Å². The third kappa shape index (κ3) is 5.30. The Morgan fingerprint density at radius 2 is 2.00 bits per heavy atom. The van der Waals surface area contributed by atoms with Crippen molar-refractivity contribution < 1.29 is 28.2 Å². The first-order valence-electron chi connectivity index (χ1n) is 7.96. The molecule has 1 amide bonds. The number of carbonyl (C=O) groups excluding carboxylic acids is 2. The standard InChI is InChI=1S/C19H15BrFNO5/c20-14-3-4-15(21)13(8-14)2-6-19(24)25-10-18(23)22-9-12-1-5-16-17(7-12)27-11-26-16/h1-8H,9-11H2,(H,22,23). The number of nitrogens with one attached hydrogen (secondary N) is 1. The molecule has 0 unspecified atom stereocenters. The van der Waals surface area contributed by atoms with Gasteiger partial charge < -0.3 is 19.5 Å². The summed E-state index contributed by atoms with van der Waals surface area (Å²) in [4.78, 5) is 23.5. The van der Waals surface area contributed by atoms with E-state index in [0.29, 0.717) is 16.0 Å². The molecule has 3 rings (SSSR count). The van der Waals surface area contributed by atoms with Gasteiger partial charge in [0.2, 0.25) is 6.79 Å². The van der Waals surface area contributed by atoms with Gasteiger partial charge in [0.1, 0.15) is 5.82 Å². The number of hydrogen-bond donors (Lipinski definition) is 1. The van der Waals surface area contributed by atoms with Gasteiger partial charge in [0.05, 0.1) is 0 Å². The predicted octanol–water partition coefficient (Wildman–Crippen LogP) is 3.19. The molecule has 0 atom stereocenters. The van der Waals surface area contributed by atoms with Gasteiger partial charge in [-0.05, 0) is 42.0 Å². The fourth-order valence-corrected chi connectivity index (χ4v) is 2.67. The Morgan fingerprint density at radius 3 is 2.85 bits per heavy atom. The number of hydrogen-bond acceptors (Lipinski definition) is 5. The van der Waals surface area contributed by atoms with Crippen LogP contribution in [0, 0.1) is 5.82 Å². The van der Waals surface area contributed by atoms with E-state index in [1.54, 1.807) is 24.3 Å². The van der Waals surface area contributed by atoms with Gasteiger partial charge >= 0.3 is 5.97 Å². The van der Waals surface area contributed by atoms with E-state index in [9.17, 15) is 14.0 Å². The van der Waals surface area contributed by atoms with Gasteiger partial charge in [0.15, 0.2) is 18.1 Å². The fourth-order valence-electron chi connectivity index (χ4n) is 2.29. The Kier molecular flexibility index (Phi) is 6.08. The molecule has 0 spiro atoms. The largest absolute Gasteiger partial charge is 0.454 e. The number of rotatable bonds is 6. The third-order valence-corrected chi connectivity index (χ3v) is 4.12.